The zero-order valence-electron chi connectivity index (χ0n) is 8.13. The summed E-state index contributed by atoms with van der Waals surface area (Å²) in [6.45, 7) is 4.07. The molecule has 5 heteroatoms. The molecule has 1 aromatic rings. The van der Waals surface area contributed by atoms with Crippen molar-refractivity contribution in [3.8, 4) is 0 Å². The summed E-state index contributed by atoms with van der Waals surface area (Å²) in [5.74, 6) is 7.74. The van der Waals surface area contributed by atoms with Crippen LogP contribution in [0.5, 0.6) is 0 Å². The normalized spacial score (nSPS) is 10.2. The number of hydrogen-bond acceptors (Lipinski definition) is 5. The second kappa shape index (κ2) is 4.04. The van der Waals surface area contributed by atoms with Crippen LogP contribution in [0, 0.1) is 0 Å². The maximum absolute atomic E-state index is 5.27. The van der Waals surface area contributed by atoms with Gasteiger partial charge in [-0.05, 0) is 0 Å². The van der Waals surface area contributed by atoms with Crippen molar-refractivity contribution in [3.63, 3.8) is 0 Å². The molecular weight excluding hydrogens is 166 g/mol. The summed E-state index contributed by atoms with van der Waals surface area (Å²) in [7, 11) is 1.81. The van der Waals surface area contributed by atoms with Crippen molar-refractivity contribution in [1.29, 1.82) is 0 Å². The van der Waals surface area contributed by atoms with Gasteiger partial charge in [0.1, 0.15) is 17.5 Å². The van der Waals surface area contributed by atoms with E-state index in [1.807, 2.05) is 20.9 Å². The second-order valence-corrected chi connectivity index (χ2v) is 3.05. The Morgan fingerprint density at radius 3 is 2.38 bits per heavy atom. The third kappa shape index (κ3) is 2.29. The lowest BCUT2D eigenvalue weighted by Gasteiger charge is -2.08. The third-order valence-corrected chi connectivity index (χ3v) is 1.66. The maximum atomic E-state index is 5.27. The molecule has 0 aromatic carbocycles. The molecule has 0 aliphatic heterocycles. The number of aromatic nitrogens is 2. The molecule has 0 spiro atoms. The van der Waals surface area contributed by atoms with Crippen LogP contribution in [-0.2, 0) is 0 Å². The Balaban J connectivity index is 3.07. The van der Waals surface area contributed by atoms with Gasteiger partial charge >= 0.3 is 0 Å². The highest BCUT2D eigenvalue weighted by Crippen LogP contribution is 2.15. The fourth-order valence-electron chi connectivity index (χ4n) is 0.926. The first-order valence-corrected chi connectivity index (χ1v) is 4.20. The monoisotopic (exact) mass is 181 g/mol. The highest BCUT2D eigenvalue weighted by molar-refractivity contribution is 5.46. The highest BCUT2D eigenvalue weighted by Gasteiger charge is 2.05. The Bertz CT molecular complexity index is 262. The van der Waals surface area contributed by atoms with E-state index in [1.54, 1.807) is 6.07 Å². The van der Waals surface area contributed by atoms with E-state index >= 15 is 0 Å². The zero-order chi connectivity index (χ0) is 9.84. The van der Waals surface area contributed by atoms with Gasteiger partial charge in [0.25, 0.3) is 0 Å². The Labute approximate surface area is 77.7 Å². The molecule has 1 rings (SSSR count). The smallest absolute Gasteiger partial charge is 0.145 e. The Kier molecular flexibility index (Phi) is 3.02. The van der Waals surface area contributed by atoms with E-state index in [4.69, 9.17) is 5.84 Å². The lowest BCUT2D eigenvalue weighted by atomic mass is 10.2. The van der Waals surface area contributed by atoms with Crippen molar-refractivity contribution in [2.75, 3.05) is 17.8 Å². The predicted octanol–water partition coefficient (Wildman–Crippen LogP) is 0.927. The van der Waals surface area contributed by atoms with E-state index in [0.29, 0.717) is 11.7 Å². The summed E-state index contributed by atoms with van der Waals surface area (Å²) in [4.78, 5) is 8.49. The van der Waals surface area contributed by atoms with Crippen molar-refractivity contribution in [2.24, 2.45) is 5.84 Å². The third-order valence-electron chi connectivity index (χ3n) is 1.66. The minimum Gasteiger partial charge on any atom is -0.373 e. The predicted molar refractivity (Wildman–Crippen MR) is 53.5 cm³/mol. The van der Waals surface area contributed by atoms with Crippen LogP contribution in [0.1, 0.15) is 25.6 Å². The van der Waals surface area contributed by atoms with Gasteiger partial charge in [-0.3, -0.25) is 0 Å². The van der Waals surface area contributed by atoms with Crippen LogP contribution in [0.15, 0.2) is 6.07 Å². The number of nitrogens with one attached hydrogen (secondary N) is 2. The second-order valence-electron chi connectivity index (χ2n) is 3.05. The first-order valence-electron chi connectivity index (χ1n) is 4.20. The van der Waals surface area contributed by atoms with Crippen LogP contribution in [0.4, 0.5) is 11.6 Å². The van der Waals surface area contributed by atoms with Gasteiger partial charge in [0.2, 0.25) is 0 Å². The van der Waals surface area contributed by atoms with E-state index in [2.05, 4.69) is 20.7 Å². The van der Waals surface area contributed by atoms with Gasteiger partial charge in [0, 0.05) is 19.0 Å². The molecule has 1 heterocycles. The summed E-state index contributed by atoms with van der Waals surface area (Å²) in [5, 5.41) is 2.95. The molecule has 0 bridgehead atoms. The van der Waals surface area contributed by atoms with Gasteiger partial charge in [0.15, 0.2) is 0 Å². The number of nitrogen functional groups attached to an aromatic ring is 1. The molecule has 0 saturated heterocycles. The van der Waals surface area contributed by atoms with Crippen molar-refractivity contribution >= 4 is 11.6 Å². The molecule has 0 aliphatic carbocycles. The Hall–Kier alpha value is -1.36. The maximum Gasteiger partial charge on any atom is 0.145 e. The molecule has 0 radical (unpaired) electrons. The zero-order valence-corrected chi connectivity index (χ0v) is 8.13. The molecule has 0 aliphatic rings. The molecule has 72 valence electrons. The first-order chi connectivity index (χ1) is 6.17. The van der Waals surface area contributed by atoms with Crippen molar-refractivity contribution in [3.05, 3.63) is 11.9 Å². The number of nitrogens with zero attached hydrogens (tertiary/aromatic N) is 2. The van der Waals surface area contributed by atoms with Gasteiger partial charge in [-0.15, -0.1) is 0 Å². The minimum atomic E-state index is 0.292. The van der Waals surface area contributed by atoms with Gasteiger partial charge in [-0.1, -0.05) is 13.8 Å². The van der Waals surface area contributed by atoms with E-state index in [-0.39, 0.29) is 0 Å². The summed E-state index contributed by atoms with van der Waals surface area (Å²) in [5.41, 5.74) is 2.51. The Morgan fingerprint density at radius 1 is 1.31 bits per heavy atom. The topological polar surface area (TPSA) is 75.9 Å². The molecule has 4 N–H and O–H groups in total. The molecule has 5 nitrogen and oxygen atoms in total. The number of hydrogen-bond donors (Lipinski definition) is 3. The fraction of sp³-hybridized carbons (Fsp3) is 0.500. The van der Waals surface area contributed by atoms with Crippen molar-refractivity contribution in [1.82, 2.24) is 9.97 Å². The van der Waals surface area contributed by atoms with Gasteiger partial charge < -0.3 is 10.7 Å². The number of hydrazine groups is 1. The van der Waals surface area contributed by atoms with Gasteiger partial charge in [0.05, 0.1) is 0 Å². The molecule has 1 aromatic heterocycles. The molecule has 0 unspecified atom stereocenters. The average Bonchev–Trinajstić information content (AvgIpc) is 2.16. The minimum absolute atomic E-state index is 0.292. The lowest BCUT2D eigenvalue weighted by Crippen LogP contribution is -2.12. The summed E-state index contributed by atoms with van der Waals surface area (Å²) in [6.07, 6.45) is 0. The quantitative estimate of drug-likeness (QED) is 0.477. The average molecular weight is 181 g/mol. The van der Waals surface area contributed by atoms with Crippen molar-refractivity contribution in [2.45, 2.75) is 19.8 Å². The van der Waals surface area contributed by atoms with Crippen molar-refractivity contribution < 1.29 is 0 Å². The lowest BCUT2D eigenvalue weighted by molar-refractivity contribution is 0.776. The van der Waals surface area contributed by atoms with E-state index in [0.717, 1.165) is 11.6 Å². The molecule has 0 amide bonds. The molecule has 0 atom stereocenters. The summed E-state index contributed by atoms with van der Waals surface area (Å²) < 4.78 is 0. The summed E-state index contributed by atoms with van der Waals surface area (Å²) in [6, 6.07) is 1.76. The van der Waals surface area contributed by atoms with Crippen LogP contribution in [0.25, 0.3) is 0 Å². The molecule has 13 heavy (non-hydrogen) atoms. The Morgan fingerprint density at radius 2 is 1.92 bits per heavy atom. The SMILES string of the molecule is CNc1cc(NN)nc(C(C)C)n1. The van der Waals surface area contributed by atoms with Gasteiger partial charge in [-0.2, -0.15) is 0 Å². The number of nitrogens with two attached hydrogens (primary N) is 1. The van der Waals surface area contributed by atoms with Crippen LogP contribution in [0.3, 0.4) is 0 Å². The van der Waals surface area contributed by atoms with Gasteiger partial charge in [-0.25, -0.2) is 15.8 Å². The van der Waals surface area contributed by atoms with Crippen LogP contribution in [-0.4, -0.2) is 17.0 Å². The number of anilines is 2. The van der Waals surface area contributed by atoms with E-state index in [1.165, 1.54) is 0 Å². The summed E-state index contributed by atoms with van der Waals surface area (Å²) >= 11 is 0. The van der Waals surface area contributed by atoms with E-state index in [9.17, 15) is 0 Å². The number of rotatable bonds is 3. The largest absolute Gasteiger partial charge is 0.373 e. The molecule has 0 saturated carbocycles. The highest BCUT2D eigenvalue weighted by atomic mass is 15.3. The standard InChI is InChI=1S/C8H15N5/c1-5(2)8-11-6(10-3)4-7(12-8)13-9/h4-5H,9H2,1-3H3,(H2,10,11,12,13). The fourth-order valence-corrected chi connectivity index (χ4v) is 0.926. The van der Waals surface area contributed by atoms with E-state index < -0.39 is 0 Å². The molecular formula is C8H15N5. The molecule has 0 fully saturated rings. The first kappa shape index (κ1) is 9.73. The van der Waals surface area contributed by atoms with Crippen LogP contribution >= 0.6 is 0 Å². The van der Waals surface area contributed by atoms with Crippen LogP contribution in [0.2, 0.25) is 0 Å². The van der Waals surface area contributed by atoms with Crippen LogP contribution < -0.4 is 16.6 Å².